The zero-order valence-electron chi connectivity index (χ0n) is 15.1. The van der Waals surface area contributed by atoms with Crippen LogP contribution in [-0.2, 0) is 17.9 Å². The zero-order chi connectivity index (χ0) is 18.5. The number of carbonyl (C=O) groups excluding carboxylic acids is 2. The van der Waals surface area contributed by atoms with E-state index in [9.17, 15) is 9.59 Å². The highest BCUT2D eigenvalue weighted by atomic mass is 16.5. The molecule has 26 heavy (non-hydrogen) atoms. The Morgan fingerprint density at radius 2 is 2.00 bits per heavy atom. The van der Waals surface area contributed by atoms with Crippen molar-refractivity contribution in [1.29, 1.82) is 0 Å². The fourth-order valence-electron chi connectivity index (χ4n) is 2.73. The van der Waals surface area contributed by atoms with Crippen LogP contribution in [0.15, 0.2) is 36.4 Å². The summed E-state index contributed by atoms with van der Waals surface area (Å²) >= 11 is 0. The topological polar surface area (TPSA) is 76.5 Å². The Hall–Kier alpha value is -2.83. The molecule has 0 bridgehead atoms. The molecule has 0 saturated heterocycles. The molecule has 1 N–H and O–H groups in total. The lowest BCUT2D eigenvalue weighted by Crippen LogP contribution is -2.40. The van der Waals surface area contributed by atoms with Crippen LogP contribution in [0.4, 0.5) is 0 Å². The first kappa shape index (κ1) is 18.0. The predicted molar refractivity (Wildman–Crippen MR) is 96.8 cm³/mol. The molecule has 0 unspecified atom stereocenters. The Kier molecular flexibility index (Phi) is 5.55. The first-order valence-corrected chi connectivity index (χ1v) is 8.83. The van der Waals surface area contributed by atoms with Gasteiger partial charge in [0.25, 0.3) is 11.8 Å². The van der Waals surface area contributed by atoms with Crippen LogP contribution in [0.5, 0.6) is 5.75 Å². The molecule has 0 fully saturated rings. The number of carbonyl (C=O) groups is 2. The third kappa shape index (κ3) is 4.41. The summed E-state index contributed by atoms with van der Waals surface area (Å²) in [6.07, 6.45) is 0. The van der Waals surface area contributed by atoms with Crippen molar-refractivity contribution in [2.45, 2.75) is 26.9 Å². The van der Waals surface area contributed by atoms with E-state index in [1.807, 2.05) is 44.2 Å². The summed E-state index contributed by atoms with van der Waals surface area (Å²) in [6, 6.07) is 11.0. The minimum atomic E-state index is -0.175. The van der Waals surface area contributed by atoms with Crippen molar-refractivity contribution in [1.82, 2.24) is 20.0 Å². The number of hydrogen-bond donors (Lipinski definition) is 1. The van der Waals surface area contributed by atoms with Gasteiger partial charge in [0.1, 0.15) is 5.75 Å². The Balaban J connectivity index is 1.57. The van der Waals surface area contributed by atoms with Gasteiger partial charge in [-0.05, 0) is 24.1 Å². The summed E-state index contributed by atoms with van der Waals surface area (Å²) in [5, 5.41) is 7.22. The SMILES string of the molecule is CC(C)CNC(=O)c1cc2n(n1)CCN(C(=O)COc1ccccc1)C2. The summed E-state index contributed by atoms with van der Waals surface area (Å²) in [7, 11) is 0. The summed E-state index contributed by atoms with van der Waals surface area (Å²) < 4.78 is 7.33. The van der Waals surface area contributed by atoms with E-state index in [0.29, 0.717) is 43.5 Å². The zero-order valence-corrected chi connectivity index (χ0v) is 15.1. The largest absolute Gasteiger partial charge is 0.484 e. The van der Waals surface area contributed by atoms with Crippen molar-refractivity contribution >= 4 is 11.8 Å². The summed E-state index contributed by atoms with van der Waals surface area (Å²) in [5.74, 6) is 0.805. The van der Waals surface area contributed by atoms with Gasteiger partial charge in [-0.2, -0.15) is 5.10 Å². The van der Waals surface area contributed by atoms with E-state index in [4.69, 9.17) is 4.74 Å². The van der Waals surface area contributed by atoms with E-state index in [0.717, 1.165) is 5.69 Å². The lowest BCUT2D eigenvalue weighted by atomic mass is 10.2. The van der Waals surface area contributed by atoms with Crippen LogP contribution in [0.1, 0.15) is 30.0 Å². The maximum absolute atomic E-state index is 12.4. The first-order valence-electron chi connectivity index (χ1n) is 8.83. The molecular weight excluding hydrogens is 332 g/mol. The van der Waals surface area contributed by atoms with Gasteiger partial charge in [-0.1, -0.05) is 32.0 Å². The molecule has 0 radical (unpaired) electrons. The number of fused-ring (bicyclic) bond motifs is 1. The van der Waals surface area contributed by atoms with E-state index in [-0.39, 0.29) is 18.4 Å². The molecule has 7 nitrogen and oxygen atoms in total. The Labute approximate surface area is 152 Å². The highest BCUT2D eigenvalue weighted by Crippen LogP contribution is 2.15. The van der Waals surface area contributed by atoms with Gasteiger partial charge in [-0.25, -0.2) is 0 Å². The van der Waals surface area contributed by atoms with E-state index in [1.54, 1.807) is 15.6 Å². The van der Waals surface area contributed by atoms with E-state index >= 15 is 0 Å². The summed E-state index contributed by atoms with van der Waals surface area (Å²) in [4.78, 5) is 26.3. The normalized spacial score (nSPS) is 13.4. The third-order valence-corrected chi connectivity index (χ3v) is 4.16. The molecule has 1 aromatic carbocycles. The second-order valence-electron chi connectivity index (χ2n) is 6.76. The molecule has 2 heterocycles. The van der Waals surface area contributed by atoms with Gasteiger partial charge in [-0.15, -0.1) is 0 Å². The second kappa shape index (κ2) is 8.03. The van der Waals surface area contributed by atoms with Crippen molar-refractivity contribution < 1.29 is 14.3 Å². The minimum absolute atomic E-state index is 0.000117. The number of benzene rings is 1. The maximum Gasteiger partial charge on any atom is 0.271 e. The van der Waals surface area contributed by atoms with Crippen molar-refractivity contribution in [3.8, 4) is 5.75 Å². The molecule has 1 aliphatic heterocycles. The van der Waals surface area contributed by atoms with Crippen LogP contribution in [0.3, 0.4) is 0 Å². The van der Waals surface area contributed by atoms with Crippen molar-refractivity contribution in [3.63, 3.8) is 0 Å². The number of aromatic nitrogens is 2. The fraction of sp³-hybridized carbons (Fsp3) is 0.421. The number of ether oxygens (including phenoxy) is 1. The molecule has 3 rings (SSSR count). The molecule has 7 heteroatoms. The lowest BCUT2D eigenvalue weighted by Gasteiger charge is -2.27. The second-order valence-corrected chi connectivity index (χ2v) is 6.76. The van der Waals surface area contributed by atoms with Crippen LogP contribution in [0, 0.1) is 5.92 Å². The smallest absolute Gasteiger partial charge is 0.271 e. The van der Waals surface area contributed by atoms with Crippen molar-refractivity contribution in [3.05, 3.63) is 47.8 Å². The molecule has 1 aliphatic rings. The number of nitrogens with one attached hydrogen (secondary N) is 1. The Bertz CT molecular complexity index is 770. The highest BCUT2D eigenvalue weighted by molar-refractivity contribution is 5.92. The Morgan fingerprint density at radius 1 is 1.23 bits per heavy atom. The molecule has 0 spiro atoms. The summed E-state index contributed by atoms with van der Waals surface area (Å²) in [5.41, 5.74) is 1.26. The van der Waals surface area contributed by atoms with Gasteiger partial charge in [0.2, 0.25) is 0 Å². The number of rotatable bonds is 6. The van der Waals surface area contributed by atoms with Gasteiger partial charge < -0.3 is 15.0 Å². The molecule has 0 aliphatic carbocycles. The predicted octanol–water partition coefficient (Wildman–Crippen LogP) is 1.69. The number of nitrogens with zero attached hydrogens (tertiary/aromatic N) is 3. The molecule has 2 amide bonds. The molecule has 0 atom stereocenters. The lowest BCUT2D eigenvalue weighted by molar-refractivity contribution is -0.134. The molecule has 138 valence electrons. The van der Waals surface area contributed by atoms with Crippen LogP contribution >= 0.6 is 0 Å². The monoisotopic (exact) mass is 356 g/mol. The summed E-state index contributed by atoms with van der Waals surface area (Å²) in [6.45, 7) is 6.26. The van der Waals surface area contributed by atoms with E-state index in [2.05, 4.69) is 10.4 Å². The van der Waals surface area contributed by atoms with Gasteiger partial charge >= 0.3 is 0 Å². The van der Waals surface area contributed by atoms with Gasteiger partial charge in [0.05, 0.1) is 18.8 Å². The molecule has 2 aromatic rings. The maximum atomic E-state index is 12.4. The van der Waals surface area contributed by atoms with E-state index < -0.39 is 0 Å². The van der Waals surface area contributed by atoms with Crippen LogP contribution < -0.4 is 10.1 Å². The molecular formula is C19H24N4O3. The average molecular weight is 356 g/mol. The molecule has 0 saturated carbocycles. The van der Waals surface area contributed by atoms with Gasteiger partial charge in [-0.3, -0.25) is 14.3 Å². The number of para-hydroxylation sites is 1. The van der Waals surface area contributed by atoms with E-state index in [1.165, 1.54) is 0 Å². The van der Waals surface area contributed by atoms with Gasteiger partial charge in [0.15, 0.2) is 12.3 Å². The van der Waals surface area contributed by atoms with Crippen LogP contribution in [0.2, 0.25) is 0 Å². The quantitative estimate of drug-likeness (QED) is 0.855. The first-order chi connectivity index (χ1) is 12.5. The minimum Gasteiger partial charge on any atom is -0.484 e. The van der Waals surface area contributed by atoms with Crippen molar-refractivity contribution in [2.75, 3.05) is 19.7 Å². The van der Waals surface area contributed by atoms with Crippen LogP contribution in [0.25, 0.3) is 0 Å². The standard InChI is InChI=1S/C19H24N4O3/c1-14(2)11-20-19(25)17-10-15-12-22(8-9-23(15)21-17)18(24)13-26-16-6-4-3-5-7-16/h3-7,10,14H,8-9,11-13H2,1-2H3,(H,20,25). The van der Waals surface area contributed by atoms with Gasteiger partial charge in [0, 0.05) is 13.1 Å². The van der Waals surface area contributed by atoms with Crippen molar-refractivity contribution in [2.24, 2.45) is 5.92 Å². The fourth-order valence-corrected chi connectivity index (χ4v) is 2.73. The number of amides is 2. The van der Waals surface area contributed by atoms with Crippen LogP contribution in [-0.4, -0.2) is 46.2 Å². The highest BCUT2D eigenvalue weighted by Gasteiger charge is 2.24. The molecule has 1 aromatic heterocycles. The average Bonchev–Trinajstić information content (AvgIpc) is 3.08. The number of hydrogen-bond acceptors (Lipinski definition) is 4. The Morgan fingerprint density at radius 3 is 2.73 bits per heavy atom. The third-order valence-electron chi connectivity index (χ3n) is 4.16.